The number of carboxylic acid groups (broad SMARTS) is 1. The summed E-state index contributed by atoms with van der Waals surface area (Å²) in [4.78, 5) is 16.3. The molecule has 0 spiro atoms. The molecular weight excluding hydrogens is 562 g/mol. The highest BCUT2D eigenvalue weighted by molar-refractivity contribution is 7.99. The van der Waals surface area contributed by atoms with Crippen LogP contribution >= 0.6 is 23.4 Å². The molecule has 0 radical (unpaired) electrons. The molecular formula is C36H38ClNO3S. The van der Waals surface area contributed by atoms with Gasteiger partial charge in [-0.15, -0.1) is 0 Å². The van der Waals surface area contributed by atoms with Gasteiger partial charge in [0.25, 0.3) is 0 Å². The van der Waals surface area contributed by atoms with Gasteiger partial charge in [-0.3, -0.25) is 9.78 Å². The van der Waals surface area contributed by atoms with E-state index in [1.165, 1.54) is 5.56 Å². The second kappa shape index (κ2) is 13.0. The fraction of sp³-hybridized carbons (Fsp3) is 0.333. The lowest BCUT2D eigenvalue weighted by Crippen LogP contribution is -2.18. The molecule has 0 amide bonds. The number of hydrogen-bond acceptors (Lipinski definition) is 4. The fourth-order valence-electron chi connectivity index (χ4n) is 5.54. The topological polar surface area (TPSA) is 70.4 Å². The van der Waals surface area contributed by atoms with Crippen molar-refractivity contribution in [2.45, 2.75) is 63.2 Å². The van der Waals surface area contributed by atoms with Gasteiger partial charge in [-0.25, -0.2) is 0 Å². The normalized spacial score (nSPS) is 15.2. The minimum atomic E-state index is -0.907. The molecule has 1 aliphatic rings. The van der Waals surface area contributed by atoms with Crippen molar-refractivity contribution in [2.24, 2.45) is 5.41 Å². The van der Waals surface area contributed by atoms with Gasteiger partial charge in [-0.1, -0.05) is 84.4 Å². The summed E-state index contributed by atoms with van der Waals surface area (Å²) in [6.45, 7) is 3.67. The number of aromatic nitrogens is 1. The number of aliphatic hydroxyl groups is 1. The van der Waals surface area contributed by atoms with Gasteiger partial charge in [0.15, 0.2) is 0 Å². The van der Waals surface area contributed by atoms with Gasteiger partial charge in [-0.2, -0.15) is 11.8 Å². The predicted octanol–water partition coefficient (Wildman–Crippen LogP) is 9.03. The maximum Gasteiger partial charge on any atom is 0.303 e. The van der Waals surface area contributed by atoms with Gasteiger partial charge in [-0.05, 0) is 85.4 Å². The molecule has 1 saturated carbocycles. The van der Waals surface area contributed by atoms with E-state index >= 15 is 0 Å². The molecule has 0 unspecified atom stereocenters. The van der Waals surface area contributed by atoms with Crippen LogP contribution in [0.4, 0.5) is 0 Å². The minimum absolute atomic E-state index is 0.0751. The number of thioether (sulfide) groups is 1. The van der Waals surface area contributed by atoms with E-state index in [1.807, 2.05) is 62.0 Å². The second-order valence-electron chi connectivity index (χ2n) is 12.0. The SMILES string of the molecule is CC(C)(O)c1ccccc1CC[C@@H](SCC1(CC(=O)O)CC1)c1cccc(C=CCc2ccc3ccc(Cl)cc3n2)c1. The number of carboxylic acids is 1. The molecule has 218 valence electrons. The van der Waals surface area contributed by atoms with E-state index in [-0.39, 0.29) is 17.1 Å². The Morgan fingerprint density at radius 3 is 2.62 bits per heavy atom. The van der Waals surface area contributed by atoms with Crippen molar-refractivity contribution in [3.05, 3.63) is 118 Å². The third kappa shape index (κ3) is 8.03. The Morgan fingerprint density at radius 1 is 1.07 bits per heavy atom. The molecule has 1 aromatic heterocycles. The summed E-state index contributed by atoms with van der Waals surface area (Å²) < 4.78 is 0. The average molecular weight is 600 g/mol. The highest BCUT2D eigenvalue weighted by Crippen LogP contribution is 2.53. The minimum Gasteiger partial charge on any atom is -0.481 e. The smallest absolute Gasteiger partial charge is 0.303 e. The largest absolute Gasteiger partial charge is 0.481 e. The van der Waals surface area contributed by atoms with Crippen LogP contribution in [0.1, 0.15) is 72.7 Å². The molecule has 4 aromatic rings. The van der Waals surface area contributed by atoms with Crippen LogP contribution in [-0.4, -0.2) is 26.9 Å². The van der Waals surface area contributed by atoms with E-state index in [4.69, 9.17) is 16.6 Å². The molecule has 1 fully saturated rings. The van der Waals surface area contributed by atoms with Gasteiger partial charge in [0.2, 0.25) is 0 Å². The zero-order valence-electron chi connectivity index (χ0n) is 24.2. The first-order valence-electron chi connectivity index (χ1n) is 14.6. The van der Waals surface area contributed by atoms with Crippen molar-refractivity contribution < 1.29 is 15.0 Å². The van der Waals surface area contributed by atoms with Gasteiger partial charge >= 0.3 is 5.97 Å². The quantitative estimate of drug-likeness (QED) is 0.160. The van der Waals surface area contributed by atoms with E-state index in [0.29, 0.717) is 5.02 Å². The van der Waals surface area contributed by atoms with Crippen molar-refractivity contribution in [1.29, 1.82) is 0 Å². The number of allylic oxidation sites excluding steroid dienone is 1. The van der Waals surface area contributed by atoms with Crippen LogP contribution in [0.3, 0.4) is 0 Å². The van der Waals surface area contributed by atoms with Gasteiger partial charge in [0, 0.05) is 33.5 Å². The van der Waals surface area contributed by atoms with E-state index in [9.17, 15) is 15.0 Å². The molecule has 42 heavy (non-hydrogen) atoms. The molecule has 3 aromatic carbocycles. The number of aliphatic carboxylic acids is 1. The number of benzene rings is 3. The fourth-order valence-corrected chi connectivity index (χ4v) is 7.28. The molecule has 4 nitrogen and oxygen atoms in total. The van der Waals surface area contributed by atoms with Crippen molar-refractivity contribution in [3.8, 4) is 0 Å². The first kappa shape index (κ1) is 30.3. The molecule has 1 heterocycles. The summed E-state index contributed by atoms with van der Waals surface area (Å²) in [5, 5.41) is 22.2. The van der Waals surface area contributed by atoms with Crippen molar-refractivity contribution in [1.82, 2.24) is 4.98 Å². The number of pyridine rings is 1. The van der Waals surface area contributed by atoms with Crippen LogP contribution in [0.15, 0.2) is 84.9 Å². The maximum atomic E-state index is 11.5. The monoisotopic (exact) mass is 599 g/mol. The Labute approximate surface area is 257 Å². The Bertz CT molecular complexity index is 1590. The van der Waals surface area contributed by atoms with Crippen LogP contribution in [0.5, 0.6) is 0 Å². The lowest BCUT2D eigenvalue weighted by atomic mass is 9.90. The van der Waals surface area contributed by atoms with Crippen LogP contribution in [0.2, 0.25) is 5.02 Å². The zero-order chi connectivity index (χ0) is 29.7. The number of fused-ring (bicyclic) bond motifs is 1. The average Bonchev–Trinajstić information content (AvgIpc) is 3.71. The Balaban J connectivity index is 1.32. The first-order valence-corrected chi connectivity index (χ1v) is 16.0. The van der Waals surface area contributed by atoms with Crippen molar-refractivity contribution in [2.75, 3.05) is 5.75 Å². The summed E-state index contributed by atoms with van der Waals surface area (Å²) in [6.07, 6.45) is 8.95. The molecule has 0 aliphatic heterocycles. The molecule has 1 atom stereocenters. The van der Waals surface area contributed by atoms with Gasteiger partial charge in [0.05, 0.1) is 17.5 Å². The Morgan fingerprint density at radius 2 is 1.86 bits per heavy atom. The molecule has 2 N–H and O–H groups in total. The molecule has 1 aliphatic carbocycles. The highest BCUT2D eigenvalue weighted by Gasteiger charge is 2.44. The summed E-state index contributed by atoms with van der Waals surface area (Å²) in [7, 11) is 0. The number of aryl methyl sites for hydroxylation is 1. The zero-order valence-corrected chi connectivity index (χ0v) is 25.8. The van der Waals surface area contributed by atoms with E-state index in [1.54, 1.807) is 0 Å². The molecule has 5 rings (SSSR count). The number of halogens is 1. The van der Waals surface area contributed by atoms with Crippen LogP contribution < -0.4 is 0 Å². The lowest BCUT2D eigenvalue weighted by Gasteiger charge is -2.24. The molecule has 0 saturated heterocycles. The van der Waals surface area contributed by atoms with Gasteiger partial charge < -0.3 is 10.2 Å². The molecule has 6 heteroatoms. The number of hydrogen-bond donors (Lipinski definition) is 2. The number of rotatable bonds is 13. The maximum absolute atomic E-state index is 11.5. The standard InChI is InChI=1S/C36H38ClNO3S/c1-35(2,41)31-12-4-3-9-26(31)15-18-33(42-24-36(19-20-36)23-34(39)40)28-10-5-7-25(21-28)8-6-11-30-17-14-27-13-16-29(37)22-32(27)38-30/h3-10,12-14,16-17,21-22,33,41H,11,15,18-20,23-24H2,1-2H3,(H,39,40)/t33-/m1/s1. The van der Waals surface area contributed by atoms with Crippen molar-refractivity contribution in [3.63, 3.8) is 0 Å². The van der Waals surface area contributed by atoms with E-state index < -0.39 is 11.6 Å². The number of nitrogens with zero attached hydrogens (tertiary/aromatic N) is 1. The Hall–Kier alpha value is -3.12. The summed E-state index contributed by atoms with van der Waals surface area (Å²) in [6, 6.07) is 26.7. The van der Waals surface area contributed by atoms with Gasteiger partial charge in [0.1, 0.15) is 0 Å². The van der Waals surface area contributed by atoms with E-state index in [2.05, 4.69) is 54.6 Å². The van der Waals surface area contributed by atoms with Crippen LogP contribution in [-0.2, 0) is 23.2 Å². The van der Waals surface area contributed by atoms with Crippen molar-refractivity contribution >= 4 is 46.3 Å². The summed E-state index contributed by atoms with van der Waals surface area (Å²) in [5.74, 6) is 0.134. The third-order valence-corrected chi connectivity index (χ3v) is 9.98. The lowest BCUT2D eigenvalue weighted by molar-refractivity contribution is -0.138. The summed E-state index contributed by atoms with van der Waals surface area (Å²) >= 11 is 8.04. The third-order valence-electron chi connectivity index (χ3n) is 8.06. The Kier molecular flexibility index (Phi) is 9.41. The highest BCUT2D eigenvalue weighted by atomic mass is 35.5. The predicted molar refractivity (Wildman–Crippen MR) is 175 cm³/mol. The van der Waals surface area contributed by atoms with Crippen LogP contribution in [0.25, 0.3) is 17.0 Å². The van der Waals surface area contributed by atoms with E-state index in [0.717, 1.165) is 71.1 Å². The summed E-state index contributed by atoms with van der Waals surface area (Å²) in [5.41, 5.74) is 5.39. The number of carbonyl (C=O) groups is 1. The van der Waals surface area contributed by atoms with Crippen LogP contribution in [0, 0.1) is 5.41 Å². The first-order chi connectivity index (χ1) is 20.1. The second-order valence-corrected chi connectivity index (χ2v) is 13.7. The molecule has 0 bridgehead atoms.